The number of rotatable bonds is 5. The number of nitrogens with zero attached hydrogens (tertiary/aromatic N) is 5. The number of Topliss-reactive ketones (excluding diaryl/α,β-unsaturated/α-hetero) is 1. The quantitative estimate of drug-likeness (QED) is 0.808. The van der Waals surface area contributed by atoms with Gasteiger partial charge in [-0.1, -0.05) is 5.21 Å². The summed E-state index contributed by atoms with van der Waals surface area (Å²) in [6, 6.07) is 0.337. The van der Waals surface area contributed by atoms with E-state index in [1.165, 1.54) is 18.3 Å². The second kappa shape index (κ2) is 6.64. The van der Waals surface area contributed by atoms with E-state index in [4.69, 9.17) is 0 Å². The normalized spacial score (nSPS) is 28.0. The fourth-order valence-corrected chi connectivity index (χ4v) is 4.41. The van der Waals surface area contributed by atoms with Crippen molar-refractivity contribution in [1.29, 1.82) is 0 Å². The SMILES string of the molecule is CC(=O)c1cn(C[C@H]2C[C@@H]3CCN2C[C@@H]3C(=O)Nc2nccs2)nn1. The van der Waals surface area contributed by atoms with Crippen LogP contribution in [0, 0.1) is 11.8 Å². The largest absolute Gasteiger partial charge is 0.302 e. The number of carbonyl (C=O) groups is 2. The van der Waals surface area contributed by atoms with Crippen molar-refractivity contribution in [3.63, 3.8) is 0 Å². The Morgan fingerprint density at radius 2 is 2.32 bits per heavy atom. The first-order valence-corrected chi connectivity index (χ1v) is 9.33. The lowest BCUT2D eigenvalue weighted by atomic mass is 9.75. The van der Waals surface area contributed by atoms with Crippen LogP contribution in [-0.2, 0) is 11.3 Å². The molecular formula is C16H20N6O2S. The number of nitrogens with one attached hydrogen (secondary N) is 1. The number of amides is 1. The molecule has 1 N–H and O–H groups in total. The summed E-state index contributed by atoms with van der Waals surface area (Å²) in [5.41, 5.74) is 0.400. The fraction of sp³-hybridized carbons (Fsp3) is 0.562. The van der Waals surface area contributed by atoms with Crippen molar-refractivity contribution in [3.8, 4) is 0 Å². The third kappa shape index (κ3) is 3.34. The first-order valence-electron chi connectivity index (χ1n) is 8.45. The molecule has 1 amide bonds. The Morgan fingerprint density at radius 1 is 1.44 bits per heavy atom. The first-order chi connectivity index (χ1) is 12.1. The van der Waals surface area contributed by atoms with E-state index < -0.39 is 0 Å². The zero-order valence-electron chi connectivity index (χ0n) is 14.0. The van der Waals surface area contributed by atoms with E-state index in [1.807, 2.05) is 5.38 Å². The number of fused-ring (bicyclic) bond motifs is 3. The smallest absolute Gasteiger partial charge is 0.230 e. The van der Waals surface area contributed by atoms with Crippen molar-refractivity contribution >= 4 is 28.2 Å². The van der Waals surface area contributed by atoms with Gasteiger partial charge in [0.1, 0.15) is 5.69 Å². The zero-order valence-corrected chi connectivity index (χ0v) is 14.8. The van der Waals surface area contributed by atoms with Crippen LogP contribution >= 0.6 is 11.3 Å². The molecule has 3 aliphatic rings. The maximum absolute atomic E-state index is 12.6. The van der Waals surface area contributed by atoms with E-state index in [0.717, 1.165) is 25.9 Å². The number of piperidine rings is 3. The molecule has 1 unspecified atom stereocenters. The predicted molar refractivity (Wildman–Crippen MR) is 92.3 cm³/mol. The highest BCUT2D eigenvalue weighted by Gasteiger charge is 2.43. The molecule has 2 bridgehead atoms. The molecule has 0 spiro atoms. The van der Waals surface area contributed by atoms with Crippen LogP contribution in [0.5, 0.6) is 0 Å². The molecule has 3 fully saturated rings. The molecule has 5 heterocycles. The van der Waals surface area contributed by atoms with Crippen LogP contribution < -0.4 is 5.32 Å². The van der Waals surface area contributed by atoms with Gasteiger partial charge in [-0.2, -0.15) is 0 Å². The van der Waals surface area contributed by atoms with Crippen LogP contribution in [0.4, 0.5) is 5.13 Å². The van der Waals surface area contributed by atoms with Crippen molar-refractivity contribution in [1.82, 2.24) is 24.9 Å². The summed E-state index contributed by atoms with van der Waals surface area (Å²) < 4.78 is 1.74. The molecule has 0 saturated carbocycles. The summed E-state index contributed by atoms with van der Waals surface area (Å²) in [4.78, 5) is 30.4. The van der Waals surface area contributed by atoms with Crippen molar-refractivity contribution in [2.45, 2.75) is 32.4 Å². The summed E-state index contributed by atoms with van der Waals surface area (Å²) in [7, 11) is 0. The molecule has 132 valence electrons. The monoisotopic (exact) mass is 360 g/mol. The highest BCUT2D eigenvalue weighted by Crippen LogP contribution is 2.37. The molecule has 3 aliphatic heterocycles. The topological polar surface area (TPSA) is 93.0 Å². The van der Waals surface area contributed by atoms with Crippen LogP contribution in [0.25, 0.3) is 0 Å². The van der Waals surface area contributed by atoms with Gasteiger partial charge in [0.05, 0.1) is 18.7 Å². The van der Waals surface area contributed by atoms with Crippen LogP contribution in [0.3, 0.4) is 0 Å². The highest BCUT2D eigenvalue weighted by molar-refractivity contribution is 7.13. The number of hydrogen-bond donors (Lipinski definition) is 1. The number of hydrogen-bond acceptors (Lipinski definition) is 7. The van der Waals surface area contributed by atoms with Gasteiger partial charge in [-0.05, 0) is 25.3 Å². The van der Waals surface area contributed by atoms with Crippen LogP contribution in [-0.4, -0.2) is 55.7 Å². The van der Waals surface area contributed by atoms with Gasteiger partial charge in [0.2, 0.25) is 5.91 Å². The van der Waals surface area contributed by atoms with E-state index in [1.54, 1.807) is 17.1 Å². The molecule has 2 aromatic heterocycles. The fourth-order valence-electron chi connectivity index (χ4n) is 3.87. The minimum atomic E-state index is -0.0735. The van der Waals surface area contributed by atoms with Gasteiger partial charge in [0, 0.05) is 31.1 Å². The number of carbonyl (C=O) groups excluding carboxylic acids is 2. The van der Waals surface area contributed by atoms with Crippen LogP contribution in [0.15, 0.2) is 17.8 Å². The first kappa shape index (κ1) is 16.3. The molecule has 0 aromatic carbocycles. The molecule has 2 aromatic rings. The summed E-state index contributed by atoms with van der Waals surface area (Å²) in [6.45, 7) is 3.97. The Hall–Kier alpha value is -2.13. The molecular weight excluding hydrogens is 340 g/mol. The van der Waals surface area contributed by atoms with Crippen molar-refractivity contribution in [2.24, 2.45) is 11.8 Å². The number of ketones is 1. The number of thiazole rings is 1. The van der Waals surface area contributed by atoms with Gasteiger partial charge in [0.15, 0.2) is 10.9 Å². The molecule has 8 nitrogen and oxygen atoms in total. The Labute approximate surface area is 149 Å². The summed E-state index contributed by atoms with van der Waals surface area (Å²) >= 11 is 1.44. The maximum Gasteiger partial charge on any atom is 0.230 e. The molecule has 25 heavy (non-hydrogen) atoms. The number of anilines is 1. The number of aromatic nitrogens is 4. The van der Waals surface area contributed by atoms with E-state index in [2.05, 4.69) is 25.5 Å². The van der Waals surface area contributed by atoms with Gasteiger partial charge in [-0.25, -0.2) is 4.98 Å². The second-order valence-corrected chi connectivity index (χ2v) is 7.64. The lowest BCUT2D eigenvalue weighted by Gasteiger charge is -2.49. The molecule has 0 radical (unpaired) electrons. The van der Waals surface area contributed by atoms with E-state index in [-0.39, 0.29) is 17.6 Å². The second-order valence-electron chi connectivity index (χ2n) is 6.75. The molecule has 4 atom stereocenters. The molecule has 5 rings (SSSR count). The van der Waals surface area contributed by atoms with Crippen molar-refractivity contribution in [2.75, 3.05) is 18.4 Å². The lowest BCUT2D eigenvalue weighted by Crippen LogP contribution is -2.57. The van der Waals surface area contributed by atoms with E-state index >= 15 is 0 Å². The standard InChI is InChI=1S/C16H20N6O2S/c1-10(23)14-9-22(20-19-14)7-12-6-11-2-4-21(12)8-13(11)15(24)18-16-17-3-5-25-16/h3,5,9,11-13H,2,4,6-8H2,1H3,(H,17,18,24)/t11-,12+,13-/m0/s1. The van der Waals surface area contributed by atoms with E-state index in [9.17, 15) is 9.59 Å². The molecule has 0 aliphatic carbocycles. The van der Waals surface area contributed by atoms with Gasteiger partial charge in [0.25, 0.3) is 0 Å². The Kier molecular flexibility index (Phi) is 4.34. The van der Waals surface area contributed by atoms with Crippen LogP contribution in [0.1, 0.15) is 30.3 Å². The van der Waals surface area contributed by atoms with Gasteiger partial charge in [-0.15, -0.1) is 16.4 Å². The summed E-state index contributed by atoms with van der Waals surface area (Å²) in [6.07, 6.45) is 5.41. The third-order valence-electron chi connectivity index (χ3n) is 5.17. The minimum Gasteiger partial charge on any atom is -0.302 e. The molecule has 3 saturated heterocycles. The minimum absolute atomic E-state index is 0.0115. The highest BCUT2D eigenvalue weighted by atomic mass is 32.1. The lowest BCUT2D eigenvalue weighted by molar-refractivity contribution is -0.127. The van der Waals surface area contributed by atoms with Gasteiger partial charge < -0.3 is 5.32 Å². The third-order valence-corrected chi connectivity index (χ3v) is 5.86. The Bertz CT molecular complexity index is 773. The van der Waals surface area contributed by atoms with Crippen molar-refractivity contribution < 1.29 is 9.59 Å². The van der Waals surface area contributed by atoms with Gasteiger partial charge in [-0.3, -0.25) is 19.2 Å². The van der Waals surface area contributed by atoms with Crippen molar-refractivity contribution in [3.05, 3.63) is 23.5 Å². The van der Waals surface area contributed by atoms with Gasteiger partial charge >= 0.3 is 0 Å². The Morgan fingerprint density at radius 3 is 2.96 bits per heavy atom. The zero-order chi connectivity index (χ0) is 17.4. The maximum atomic E-state index is 12.6. The summed E-state index contributed by atoms with van der Waals surface area (Å²) in [5, 5.41) is 13.4. The average molecular weight is 360 g/mol. The average Bonchev–Trinajstić information content (AvgIpc) is 3.27. The Balaban J connectivity index is 1.39. The predicted octanol–water partition coefficient (Wildman–Crippen LogP) is 1.29. The summed E-state index contributed by atoms with van der Waals surface area (Å²) in [5.74, 6) is 0.390. The van der Waals surface area contributed by atoms with Crippen LogP contribution in [0.2, 0.25) is 0 Å². The van der Waals surface area contributed by atoms with E-state index in [0.29, 0.717) is 29.3 Å². The molecule has 9 heteroatoms.